The average Bonchev–Trinajstić information content (AvgIpc) is 3.18. The number of sulfonamides is 1. The van der Waals surface area contributed by atoms with E-state index in [0.717, 1.165) is 31.0 Å². The van der Waals surface area contributed by atoms with E-state index in [1.54, 1.807) is 6.07 Å². The maximum absolute atomic E-state index is 13.2. The lowest BCUT2D eigenvalue weighted by atomic mass is 10.0. The van der Waals surface area contributed by atoms with E-state index in [0.29, 0.717) is 6.42 Å². The molecule has 0 aromatic heterocycles. The van der Waals surface area contributed by atoms with Gasteiger partial charge in [-0.1, -0.05) is 0 Å². The van der Waals surface area contributed by atoms with Gasteiger partial charge in [0.15, 0.2) is 0 Å². The second-order valence-corrected chi connectivity index (χ2v) is 6.82. The molecule has 1 fully saturated rings. The van der Waals surface area contributed by atoms with Crippen molar-refractivity contribution in [3.63, 3.8) is 0 Å². The molecule has 0 radical (unpaired) electrons. The molecule has 1 saturated carbocycles. The fourth-order valence-electron chi connectivity index (χ4n) is 2.02. The Morgan fingerprint density at radius 1 is 1.45 bits per heavy atom. The van der Waals surface area contributed by atoms with Gasteiger partial charge < -0.3 is 5.11 Å². The number of aliphatic hydroxyl groups excluding tert-OH is 1. The number of benzene rings is 1. The third kappa shape index (κ3) is 3.15. The van der Waals surface area contributed by atoms with E-state index in [4.69, 9.17) is 10.4 Å². The maximum Gasteiger partial charge on any atom is 0.240 e. The first-order valence-electron chi connectivity index (χ1n) is 6.23. The maximum atomic E-state index is 13.2. The summed E-state index contributed by atoms with van der Waals surface area (Å²) in [4.78, 5) is -0.129. The van der Waals surface area contributed by atoms with Gasteiger partial charge >= 0.3 is 0 Å². The van der Waals surface area contributed by atoms with Crippen LogP contribution in [-0.4, -0.2) is 26.7 Å². The molecule has 1 aromatic carbocycles. The Balaban J connectivity index is 2.13. The molecule has 20 heavy (non-hydrogen) atoms. The smallest absolute Gasteiger partial charge is 0.240 e. The minimum atomic E-state index is -3.77. The van der Waals surface area contributed by atoms with E-state index >= 15 is 0 Å². The second-order valence-electron chi connectivity index (χ2n) is 5.05. The summed E-state index contributed by atoms with van der Waals surface area (Å²) in [5.41, 5.74) is -0.454. The van der Waals surface area contributed by atoms with Gasteiger partial charge in [0.05, 0.1) is 10.5 Å². The van der Waals surface area contributed by atoms with Gasteiger partial charge in [0.2, 0.25) is 10.0 Å². The van der Waals surface area contributed by atoms with Crippen LogP contribution in [0.15, 0.2) is 23.1 Å². The molecule has 0 unspecified atom stereocenters. The Bertz CT molecular complexity index is 648. The standard InChI is InChI=1S/C13H15FN2O3S/c14-12-2-1-11(7-10(12)8-15)20(18,19)16-9-13(3-4-13)5-6-17/h1-2,7,16-17H,3-6,9H2. The lowest BCUT2D eigenvalue weighted by molar-refractivity contribution is 0.249. The minimum absolute atomic E-state index is 0.0247. The van der Waals surface area contributed by atoms with Crippen LogP contribution in [0.2, 0.25) is 0 Å². The first-order valence-corrected chi connectivity index (χ1v) is 7.71. The van der Waals surface area contributed by atoms with E-state index in [1.807, 2.05) is 0 Å². The molecule has 0 amide bonds. The van der Waals surface area contributed by atoms with Crippen LogP contribution < -0.4 is 4.72 Å². The highest BCUT2D eigenvalue weighted by atomic mass is 32.2. The van der Waals surface area contributed by atoms with Crippen molar-refractivity contribution in [1.82, 2.24) is 4.72 Å². The molecule has 0 bridgehead atoms. The van der Waals surface area contributed by atoms with Crippen LogP contribution in [0.1, 0.15) is 24.8 Å². The number of rotatable bonds is 6. The highest BCUT2D eigenvalue weighted by Crippen LogP contribution is 2.48. The van der Waals surface area contributed by atoms with Gasteiger partial charge in [0.1, 0.15) is 11.9 Å². The predicted molar refractivity (Wildman–Crippen MR) is 69.7 cm³/mol. The van der Waals surface area contributed by atoms with Crippen LogP contribution in [0, 0.1) is 22.6 Å². The zero-order valence-corrected chi connectivity index (χ0v) is 11.6. The largest absolute Gasteiger partial charge is 0.396 e. The highest BCUT2D eigenvalue weighted by Gasteiger charge is 2.42. The SMILES string of the molecule is N#Cc1cc(S(=O)(=O)NCC2(CCO)CC2)ccc1F. The topological polar surface area (TPSA) is 90.2 Å². The fraction of sp³-hybridized carbons (Fsp3) is 0.462. The van der Waals surface area contributed by atoms with Crippen molar-refractivity contribution >= 4 is 10.0 Å². The zero-order chi connectivity index (χ0) is 14.8. The van der Waals surface area contributed by atoms with Crippen LogP contribution in [0.5, 0.6) is 0 Å². The minimum Gasteiger partial charge on any atom is -0.396 e. The Labute approximate surface area is 117 Å². The van der Waals surface area contributed by atoms with Gasteiger partial charge in [-0.15, -0.1) is 0 Å². The first kappa shape index (κ1) is 14.9. The van der Waals surface area contributed by atoms with Gasteiger partial charge in [-0.05, 0) is 42.9 Å². The Morgan fingerprint density at radius 3 is 2.70 bits per heavy atom. The van der Waals surface area contributed by atoms with Crippen LogP contribution in [-0.2, 0) is 10.0 Å². The summed E-state index contributed by atoms with van der Waals surface area (Å²) in [7, 11) is -3.77. The van der Waals surface area contributed by atoms with Crippen molar-refractivity contribution < 1.29 is 17.9 Å². The van der Waals surface area contributed by atoms with Crippen LogP contribution in [0.3, 0.4) is 0 Å². The van der Waals surface area contributed by atoms with Crippen LogP contribution in [0.25, 0.3) is 0 Å². The Hall–Kier alpha value is -1.49. The second kappa shape index (κ2) is 5.48. The van der Waals surface area contributed by atoms with Gasteiger partial charge in [0, 0.05) is 13.2 Å². The molecule has 2 rings (SSSR count). The molecule has 0 atom stereocenters. The van der Waals surface area contributed by atoms with Crippen LogP contribution >= 0.6 is 0 Å². The number of aliphatic hydroxyl groups is 1. The normalized spacial score (nSPS) is 16.6. The lowest BCUT2D eigenvalue weighted by Gasteiger charge is -2.14. The molecule has 0 saturated heterocycles. The van der Waals surface area contributed by atoms with Crippen molar-refractivity contribution in [3.05, 3.63) is 29.6 Å². The van der Waals surface area contributed by atoms with Crippen molar-refractivity contribution in [2.75, 3.05) is 13.2 Å². The summed E-state index contributed by atoms with van der Waals surface area (Å²) in [6.45, 7) is 0.270. The van der Waals surface area contributed by atoms with Gasteiger partial charge in [-0.3, -0.25) is 0 Å². The molecular formula is C13H15FN2O3S. The molecule has 0 heterocycles. The predicted octanol–water partition coefficient (Wildman–Crippen LogP) is 1.14. The van der Waals surface area contributed by atoms with E-state index in [9.17, 15) is 12.8 Å². The van der Waals surface area contributed by atoms with Crippen molar-refractivity contribution in [2.24, 2.45) is 5.41 Å². The monoisotopic (exact) mass is 298 g/mol. The van der Waals surface area contributed by atoms with Crippen molar-refractivity contribution in [2.45, 2.75) is 24.2 Å². The highest BCUT2D eigenvalue weighted by molar-refractivity contribution is 7.89. The number of nitrogens with one attached hydrogen (secondary N) is 1. The molecular weight excluding hydrogens is 283 g/mol. The average molecular weight is 298 g/mol. The molecule has 7 heteroatoms. The molecule has 1 aliphatic rings. The number of nitrogens with zero attached hydrogens (tertiary/aromatic N) is 1. The molecule has 0 aliphatic heterocycles. The molecule has 1 aromatic rings. The summed E-state index contributed by atoms with van der Waals surface area (Å²) in [6.07, 6.45) is 2.31. The van der Waals surface area contributed by atoms with E-state index < -0.39 is 15.8 Å². The summed E-state index contributed by atoms with van der Waals surface area (Å²) in [5.74, 6) is -0.745. The van der Waals surface area contributed by atoms with E-state index in [2.05, 4.69) is 4.72 Å². The summed E-state index contributed by atoms with van der Waals surface area (Å²) in [5, 5.41) is 17.6. The van der Waals surface area contributed by atoms with Crippen molar-refractivity contribution in [3.8, 4) is 6.07 Å². The lowest BCUT2D eigenvalue weighted by Crippen LogP contribution is -2.30. The number of hydrogen-bond donors (Lipinski definition) is 2. The molecule has 5 nitrogen and oxygen atoms in total. The molecule has 108 valence electrons. The Kier molecular flexibility index (Phi) is 4.09. The molecule has 2 N–H and O–H groups in total. The molecule has 0 spiro atoms. The zero-order valence-electron chi connectivity index (χ0n) is 10.8. The summed E-state index contributed by atoms with van der Waals surface area (Å²) in [6, 6.07) is 4.72. The van der Waals surface area contributed by atoms with E-state index in [-0.39, 0.29) is 29.0 Å². The third-order valence-corrected chi connectivity index (χ3v) is 5.00. The van der Waals surface area contributed by atoms with Crippen LogP contribution in [0.4, 0.5) is 4.39 Å². The summed E-state index contributed by atoms with van der Waals surface area (Å²) >= 11 is 0. The van der Waals surface area contributed by atoms with Crippen molar-refractivity contribution in [1.29, 1.82) is 5.26 Å². The molecule has 1 aliphatic carbocycles. The number of nitriles is 1. The van der Waals surface area contributed by atoms with E-state index in [1.165, 1.54) is 0 Å². The fourth-order valence-corrected chi connectivity index (χ4v) is 3.20. The quantitative estimate of drug-likeness (QED) is 0.824. The van der Waals surface area contributed by atoms with Gasteiger partial charge in [-0.25, -0.2) is 17.5 Å². The first-order chi connectivity index (χ1) is 9.42. The van der Waals surface area contributed by atoms with Gasteiger partial charge in [0.25, 0.3) is 0 Å². The third-order valence-electron chi connectivity index (χ3n) is 3.61. The summed E-state index contributed by atoms with van der Waals surface area (Å²) < 4.78 is 39.8. The number of hydrogen-bond acceptors (Lipinski definition) is 4. The number of halogens is 1. The van der Waals surface area contributed by atoms with Gasteiger partial charge in [-0.2, -0.15) is 5.26 Å². The Morgan fingerprint density at radius 2 is 2.15 bits per heavy atom.